The Balaban J connectivity index is 2.06. The fraction of sp³-hybridized carbons (Fsp3) is 0.353. The van der Waals surface area contributed by atoms with E-state index in [1.54, 1.807) is 45.2 Å². The molecule has 0 spiro atoms. The van der Waals surface area contributed by atoms with Crippen molar-refractivity contribution in [2.75, 3.05) is 7.11 Å². The van der Waals surface area contributed by atoms with E-state index in [1.165, 1.54) is 0 Å². The first-order valence-electron chi connectivity index (χ1n) is 7.07. The number of rotatable bonds is 7. The van der Waals surface area contributed by atoms with Crippen LogP contribution in [0.2, 0.25) is 0 Å². The van der Waals surface area contributed by atoms with E-state index < -0.39 is 5.92 Å². The molecule has 0 N–H and O–H groups in total. The zero-order valence-corrected chi connectivity index (χ0v) is 13.0. The maximum Gasteiger partial charge on any atom is 0.138 e. The van der Waals surface area contributed by atoms with Crippen LogP contribution in [-0.2, 0) is 16.0 Å². The van der Waals surface area contributed by atoms with E-state index >= 15 is 0 Å². The molecule has 0 aliphatic heterocycles. The minimum Gasteiger partial charge on any atom is -0.497 e. The van der Waals surface area contributed by atoms with Crippen molar-refractivity contribution in [1.29, 1.82) is 0 Å². The van der Waals surface area contributed by atoms with Crippen LogP contribution in [0.3, 0.4) is 0 Å². The number of carbonyl (C=O) groups is 2. The van der Waals surface area contributed by atoms with Gasteiger partial charge in [0.2, 0.25) is 0 Å². The van der Waals surface area contributed by atoms with Crippen LogP contribution < -0.4 is 4.74 Å². The van der Waals surface area contributed by atoms with Gasteiger partial charge in [-0.15, -0.1) is 0 Å². The van der Waals surface area contributed by atoms with Crippen LogP contribution in [0, 0.1) is 13.8 Å². The smallest absolute Gasteiger partial charge is 0.138 e. The van der Waals surface area contributed by atoms with Gasteiger partial charge in [0.25, 0.3) is 0 Å². The lowest BCUT2D eigenvalue weighted by atomic mass is 9.92. The van der Waals surface area contributed by atoms with E-state index in [2.05, 4.69) is 5.16 Å². The molecular formula is C17H19NO4. The van der Waals surface area contributed by atoms with E-state index in [0.717, 1.165) is 28.9 Å². The Hall–Kier alpha value is -2.43. The van der Waals surface area contributed by atoms with Gasteiger partial charge in [0, 0.05) is 24.3 Å². The molecule has 22 heavy (non-hydrogen) atoms. The molecule has 5 nitrogen and oxygen atoms in total. The number of ketones is 1. The third-order valence-electron chi connectivity index (χ3n) is 3.71. The summed E-state index contributed by atoms with van der Waals surface area (Å²) >= 11 is 0. The van der Waals surface area contributed by atoms with Crippen LogP contribution in [-0.4, -0.2) is 24.3 Å². The average Bonchev–Trinajstić information content (AvgIpc) is 2.84. The molecule has 1 heterocycles. The molecule has 1 aromatic carbocycles. The van der Waals surface area contributed by atoms with Gasteiger partial charge in [0.15, 0.2) is 0 Å². The SMILES string of the molecule is COc1ccc(C(C=O)CC(=O)Cc2c(C)noc2C)cc1. The van der Waals surface area contributed by atoms with Gasteiger partial charge >= 0.3 is 0 Å². The third-order valence-corrected chi connectivity index (χ3v) is 3.71. The number of methoxy groups -OCH3 is 1. The number of aldehydes is 1. The van der Waals surface area contributed by atoms with E-state index in [9.17, 15) is 9.59 Å². The second kappa shape index (κ2) is 7.02. The highest BCUT2D eigenvalue weighted by Crippen LogP contribution is 2.22. The first-order valence-corrected chi connectivity index (χ1v) is 7.07. The Kier molecular flexibility index (Phi) is 5.09. The number of ether oxygens (including phenoxy) is 1. The number of aryl methyl sites for hydroxylation is 2. The van der Waals surface area contributed by atoms with Gasteiger partial charge in [0.05, 0.1) is 12.8 Å². The van der Waals surface area contributed by atoms with Crippen molar-refractivity contribution in [2.45, 2.75) is 32.6 Å². The van der Waals surface area contributed by atoms with E-state index in [4.69, 9.17) is 9.26 Å². The van der Waals surface area contributed by atoms with Crippen LogP contribution in [0.25, 0.3) is 0 Å². The number of Topliss-reactive ketones (excluding diaryl/α,β-unsaturated/α-hetero) is 1. The van der Waals surface area contributed by atoms with E-state index in [-0.39, 0.29) is 18.6 Å². The predicted molar refractivity (Wildman–Crippen MR) is 81.1 cm³/mol. The fourth-order valence-corrected chi connectivity index (χ4v) is 2.36. The quantitative estimate of drug-likeness (QED) is 0.735. The summed E-state index contributed by atoms with van der Waals surface area (Å²) in [5, 5.41) is 3.84. The molecule has 116 valence electrons. The molecule has 1 atom stereocenters. The Morgan fingerprint density at radius 3 is 2.50 bits per heavy atom. The summed E-state index contributed by atoms with van der Waals surface area (Å²) in [6.07, 6.45) is 1.22. The molecule has 2 aromatic rings. The van der Waals surface area contributed by atoms with Crippen LogP contribution in [0.4, 0.5) is 0 Å². The zero-order chi connectivity index (χ0) is 16.1. The molecule has 0 amide bonds. The monoisotopic (exact) mass is 301 g/mol. The minimum atomic E-state index is -0.445. The zero-order valence-electron chi connectivity index (χ0n) is 13.0. The molecular weight excluding hydrogens is 282 g/mol. The molecule has 5 heteroatoms. The van der Waals surface area contributed by atoms with Crippen molar-refractivity contribution in [3.05, 3.63) is 46.8 Å². The van der Waals surface area contributed by atoms with E-state index in [0.29, 0.717) is 5.76 Å². The summed E-state index contributed by atoms with van der Waals surface area (Å²) in [4.78, 5) is 23.5. The lowest BCUT2D eigenvalue weighted by Crippen LogP contribution is -2.11. The first-order chi connectivity index (χ1) is 10.5. The fourth-order valence-electron chi connectivity index (χ4n) is 2.36. The molecule has 0 radical (unpaired) electrons. The van der Waals surface area contributed by atoms with Crippen LogP contribution in [0.1, 0.15) is 34.9 Å². The summed E-state index contributed by atoms with van der Waals surface area (Å²) in [6, 6.07) is 7.18. The molecule has 0 aliphatic rings. The molecule has 2 rings (SSSR count). The van der Waals surface area contributed by atoms with Crippen LogP contribution in [0.5, 0.6) is 5.75 Å². The number of nitrogens with zero attached hydrogens (tertiary/aromatic N) is 1. The summed E-state index contributed by atoms with van der Waals surface area (Å²) in [5.41, 5.74) is 2.34. The number of hydrogen-bond donors (Lipinski definition) is 0. The number of carbonyl (C=O) groups excluding carboxylic acids is 2. The van der Waals surface area contributed by atoms with Crippen LogP contribution >= 0.6 is 0 Å². The summed E-state index contributed by atoms with van der Waals surface area (Å²) < 4.78 is 10.1. The third kappa shape index (κ3) is 3.61. The highest BCUT2D eigenvalue weighted by molar-refractivity contribution is 5.85. The van der Waals surface area contributed by atoms with Gasteiger partial charge in [0.1, 0.15) is 23.6 Å². The van der Waals surface area contributed by atoms with E-state index in [1.807, 2.05) is 0 Å². The molecule has 0 saturated carbocycles. The number of hydrogen-bond acceptors (Lipinski definition) is 5. The highest BCUT2D eigenvalue weighted by Gasteiger charge is 2.19. The number of aromatic nitrogens is 1. The second-order valence-corrected chi connectivity index (χ2v) is 5.24. The maximum atomic E-state index is 12.2. The van der Waals surface area contributed by atoms with Crippen molar-refractivity contribution >= 4 is 12.1 Å². The van der Waals surface area contributed by atoms with Gasteiger partial charge in [-0.2, -0.15) is 0 Å². The first kappa shape index (κ1) is 15.9. The Bertz CT molecular complexity index is 638. The van der Waals surface area contributed by atoms with Crippen molar-refractivity contribution in [3.63, 3.8) is 0 Å². The van der Waals surface area contributed by atoms with Gasteiger partial charge in [-0.05, 0) is 31.5 Å². The van der Waals surface area contributed by atoms with Crippen molar-refractivity contribution in [3.8, 4) is 5.75 Å². The summed E-state index contributed by atoms with van der Waals surface area (Å²) in [5.74, 6) is 0.912. The molecule has 1 aromatic heterocycles. The minimum absolute atomic E-state index is 0.0117. The standard InChI is InChI=1S/C17H19NO4/c1-11-17(12(2)22-18-11)9-15(20)8-14(10-19)13-4-6-16(21-3)7-5-13/h4-7,10,14H,8-9H2,1-3H3. The van der Waals surface area contributed by atoms with Gasteiger partial charge in [-0.25, -0.2) is 0 Å². The summed E-state index contributed by atoms with van der Waals surface area (Å²) in [6.45, 7) is 3.59. The Labute approximate surface area is 129 Å². The van der Waals surface area contributed by atoms with Crippen molar-refractivity contribution < 1.29 is 18.8 Å². The average molecular weight is 301 g/mol. The predicted octanol–water partition coefficient (Wildman–Crippen LogP) is 2.78. The highest BCUT2D eigenvalue weighted by atomic mass is 16.5. The van der Waals surface area contributed by atoms with Crippen LogP contribution in [0.15, 0.2) is 28.8 Å². The topological polar surface area (TPSA) is 69.4 Å². The lowest BCUT2D eigenvalue weighted by Gasteiger charge is -2.10. The van der Waals surface area contributed by atoms with Gasteiger partial charge in [-0.3, -0.25) is 4.79 Å². The lowest BCUT2D eigenvalue weighted by molar-refractivity contribution is -0.121. The maximum absolute atomic E-state index is 12.2. The second-order valence-electron chi connectivity index (χ2n) is 5.24. The number of benzene rings is 1. The van der Waals surface area contributed by atoms with Gasteiger partial charge in [-0.1, -0.05) is 17.3 Å². The normalized spacial score (nSPS) is 12.0. The largest absolute Gasteiger partial charge is 0.497 e. The van der Waals surface area contributed by atoms with Crippen molar-refractivity contribution in [2.24, 2.45) is 0 Å². The Morgan fingerprint density at radius 2 is 2.00 bits per heavy atom. The molecule has 0 fully saturated rings. The summed E-state index contributed by atoms with van der Waals surface area (Å²) in [7, 11) is 1.58. The Morgan fingerprint density at radius 1 is 1.32 bits per heavy atom. The molecule has 1 unspecified atom stereocenters. The van der Waals surface area contributed by atoms with Crippen molar-refractivity contribution in [1.82, 2.24) is 5.16 Å². The molecule has 0 saturated heterocycles. The molecule has 0 bridgehead atoms. The van der Waals surface area contributed by atoms with Gasteiger partial charge < -0.3 is 14.1 Å². The molecule has 0 aliphatic carbocycles.